The molecule has 2 N–H and O–H groups in total. The van der Waals surface area contributed by atoms with Crippen molar-refractivity contribution in [3.05, 3.63) is 64.2 Å². The van der Waals surface area contributed by atoms with E-state index in [9.17, 15) is 0 Å². The summed E-state index contributed by atoms with van der Waals surface area (Å²) in [5, 5.41) is 15.9. The molecule has 3 aromatic heterocycles. The van der Waals surface area contributed by atoms with Crippen molar-refractivity contribution in [1.82, 2.24) is 20.2 Å². The van der Waals surface area contributed by atoms with Gasteiger partial charge < -0.3 is 5.32 Å². The summed E-state index contributed by atoms with van der Waals surface area (Å²) in [7, 11) is 0. The molecule has 0 saturated heterocycles. The summed E-state index contributed by atoms with van der Waals surface area (Å²) >= 11 is 13.8. The fraction of sp³-hybridized carbons (Fsp3) is 0. The number of hydrogen-bond acceptors (Lipinski definition) is 5. The van der Waals surface area contributed by atoms with Crippen molar-refractivity contribution >= 4 is 67.2 Å². The molecule has 0 atom stereocenters. The Morgan fingerprint density at radius 2 is 1.85 bits per heavy atom. The summed E-state index contributed by atoms with van der Waals surface area (Å²) in [6.07, 6.45) is 1.57. The van der Waals surface area contributed by atoms with Gasteiger partial charge >= 0.3 is 0 Å². The van der Waals surface area contributed by atoms with E-state index < -0.39 is 0 Å². The van der Waals surface area contributed by atoms with Crippen LogP contribution < -0.4 is 5.32 Å². The van der Waals surface area contributed by atoms with Gasteiger partial charge in [-0.2, -0.15) is 5.10 Å². The van der Waals surface area contributed by atoms with Crippen LogP contribution in [0.3, 0.4) is 0 Å². The normalized spacial score (nSPS) is 11.3. The molecule has 0 amide bonds. The highest BCUT2D eigenvalue weighted by molar-refractivity contribution is 7.16. The Labute approximate surface area is 168 Å². The van der Waals surface area contributed by atoms with Crippen molar-refractivity contribution in [2.45, 2.75) is 0 Å². The molecular formula is C19H11Cl2N5S. The minimum Gasteiger partial charge on any atom is -0.340 e. The van der Waals surface area contributed by atoms with E-state index in [1.807, 2.05) is 41.8 Å². The van der Waals surface area contributed by atoms with Crippen molar-refractivity contribution in [1.29, 1.82) is 0 Å². The van der Waals surface area contributed by atoms with Gasteiger partial charge in [-0.3, -0.25) is 5.10 Å². The first-order chi connectivity index (χ1) is 13.2. The van der Waals surface area contributed by atoms with Gasteiger partial charge in [0.05, 0.1) is 20.9 Å². The molecule has 27 heavy (non-hydrogen) atoms. The number of nitrogens with zero attached hydrogens (tertiary/aromatic N) is 3. The lowest BCUT2D eigenvalue weighted by molar-refractivity contribution is 1.12. The summed E-state index contributed by atoms with van der Waals surface area (Å²) in [5.74, 6) is 0.778. The van der Waals surface area contributed by atoms with Crippen LogP contribution in [-0.4, -0.2) is 20.2 Å². The van der Waals surface area contributed by atoms with Gasteiger partial charge in [0.15, 0.2) is 0 Å². The van der Waals surface area contributed by atoms with E-state index in [0.717, 1.165) is 43.9 Å². The average Bonchev–Trinajstić information content (AvgIpc) is 3.31. The van der Waals surface area contributed by atoms with Crippen molar-refractivity contribution in [2.24, 2.45) is 0 Å². The third kappa shape index (κ3) is 2.92. The number of halogens is 2. The first kappa shape index (κ1) is 16.5. The summed E-state index contributed by atoms with van der Waals surface area (Å²) in [5.41, 5.74) is 3.56. The van der Waals surface area contributed by atoms with Crippen LogP contribution in [0.15, 0.2) is 54.2 Å². The first-order valence-corrected chi connectivity index (χ1v) is 9.71. The minimum absolute atomic E-state index is 0.500. The predicted octanol–water partition coefficient (Wildman–Crippen LogP) is 6.29. The molecule has 8 heteroatoms. The van der Waals surface area contributed by atoms with Gasteiger partial charge in [-0.05, 0) is 41.8 Å². The molecular weight excluding hydrogens is 401 g/mol. The third-order valence-electron chi connectivity index (χ3n) is 4.28. The molecule has 5 aromatic rings. The number of nitrogens with one attached hydrogen (secondary N) is 2. The SMILES string of the molecule is Clc1ccc(-c2n[nH]c3ccc(Nc4ncnc5sccc45)cc23)cc1Cl. The molecule has 5 nitrogen and oxygen atoms in total. The number of anilines is 2. The maximum Gasteiger partial charge on any atom is 0.142 e. The molecule has 0 aliphatic heterocycles. The number of hydrogen-bond donors (Lipinski definition) is 2. The second-order valence-corrected chi connectivity index (χ2v) is 7.66. The van der Waals surface area contributed by atoms with Crippen molar-refractivity contribution in [3.63, 3.8) is 0 Å². The summed E-state index contributed by atoms with van der Waals surface area (Å²) in [4.78, 5) is 9.61. The van der Waals surface area contributed by atoms with Crippen LogP contribution in [0.2, 0.25) is 10.0 Å². The lowest BCUT2D eigenvalue weighted by Gasteiger charge is -2.07. The molecule has 5 rings (SSSR count). The number of rotatable bonds is 3. The maximum atomic E-state index is 6.17. The van der Waals surface area contributed by atoms with Crippen molar-refractivity contribution in [3.8, 4) is 11.3 Å². The Bertz CT molecular complexity index is 1290. The Morgan fingerprint density at radius 3 is 2.74 bits per heavy atom. The summed E-state index contributed by atoms with van der Waals surface area (Å²) < 4.78 is 0. The Hall–Kier alpha value is -2.67. The van der Waals surface area contributed by atoms with Crippen LogP contribution in [0.5, 0.6) is 0 Å². The highest BCUT2D eigenvalue weighted by Gasteiger charge is 2.12. The second kappa shape index (κ2) is 6.49. The Morgan fingerprint density at radius 1 is 0.926 bits per heavy atom. The Kier molecular flexibility index (Phi) is 3.97. The lowest BCUT2D eigenvalue weighted by atomic mass is 10.1. The number of H-pyrrole nitrogens is 1. The quantitative estimate of drug-likeness (QED) is 0.366. The topological polar surface area (TPSA) is 66.5 Å². The van der Waals surface area contributed by atoms with E-state index in [-0.39, 0.29) is 0 Å². The zero-order chi connectivity index (χ0) is 18.4. The van der Waals surface area contributed by atoms with Gasteiger partial charge in [-0.25, -0.2) is 9.97 Å². The van der Waals surface area contributed by atoms with Gasteiger partial charge in [-0.1, -0.05) is 29.3 Å². The van der Waals surface area contributed by atoms with Crippen LogP contribution in [0, 0.1) is 0 Å². The molecule has 0 fully saturated rings. The number of fused-ring (bicyclic) bond motifs is 2. The number of aromatic amines is 1. The fourth-order valence-electron chi connectivity index (χ4n) is 2.98. The maximum absolute atomic E-state index is 6.17. The summed E-state index contributed by atoms with van der Waals surface area (Å²) in [6, 6.07) is 13.5. The van der Waals surface area contributed by atoms with E-state index >= 15 is 0 Å². The average molecular weight is 412 g/mol. The van der Waals surface area contributed by atoms with E-state index in [0.29, 0.717) is 10.0 Å². The molecule has 0 radical (unpaired) electrons. The van der Waals surface area contributed by atoms with Gasteiger partial charge in [0.1, 0.15) is 22.7 Å². The van der Waals surface area contributed by atoms with E-state index in [1.54, 1.807) is 23.7 Å². The van der Waals surface area contributed by atoms with Crippen LogP contribution in [0.1, 0.15) is 0 Å². The number of thiophene rings is 1. The van der Waals surface area contributed by atoms with Crippen LogP contribution in [0.25, 0.3) is 32.4 Å². The largest absolute Gasteiger partial charge is 0.340 e. The number of benzene rings is 2. The highest BCUT2D eigenvalue weighted by Crippen LogP contribution is 2.33. The zero-order valence-electron chi connectivity index (χ0n) is 13.7. The summed E-state index contributed by atoms with van der Waals surface area (Å²) in [6.45, 7) is 0. The van der Waals surface area contributed by atoms with E-state index in [1.165, 1.54) is 0 Å². The van der Waals surface area contributed by atoms with Gasteiger partial charge in [0.2, 0.25) is 0 Å². The molecule has 0 unspecified atom stereocenters. The highest BCUT2D eigenvalue weighted by atomic mass is 35.5. The zero-order valence-corrected chi connectivity index (χ0v) is 16.0. The van der Waals surface area contributed by atoms with Crippen molar-refractivity contribution in [2.75, 3.05) is 5.32 Å². The molecule has 3 heterocycles. The molecule has 0 saturated carbocycles. The standard InChI is InChI=1S/C19H11Cl2N5S/c20-14-3-1-10(7-15(14)21)17-13-8-11(2-4-16(13)25-26-17)24-18-12-5-6-27-19(12)23-9-22-18/h1-9H,(H,25,26)(H,22,23,24). The van der Waals surface area contributed by atoms with Crippen LogP contribution in [0.4, 0.5) is 11.5 Å². The van der Waals surface area contributed by atoms with Gasteiger partial charge in [0, 0.05) is 16.6 Å². The number of aromatic nitrogens is 4. The molecule has 0 aliphatic carbocycles. The minimum atomic E-state index is 0.500. The van der Waals surface area contributed by atoms with Crippen LogP contribution >= 0.6 is 34.5 Å². The molecule has 0 aliphatic rings. The first-order valence-electron chi connectivity index (χ1n) is 8.08. The molecule has 132 valence electrons. The van der Waals surface area contributed by atoms with E-state index in [2.05, 4.69) is 25.5 Å². The fourth-order valence-corrected chi connectivity index (χ4v) is 4.01. The second-order valence-electron chi connectivity index (χ2n) is 5.95. The monoisotopic (exact) mass is 411 g/mol. The van der Waals surface area contributed by atoms with Crippen molar-refractivity contribution < 1.29 is 0 Å². The lowest BCUT2D eigenvalue weighted by Crippen LogP contribution is -1.94. The van der Waals surface area contributed by atoms with E-state index in [4.69, 9.17) is 23.2 Å². The van der Waals surface area contributed by atoms with Gasteiger partial charge in [-0.15, -0.1) is 11.3 Å². The Balaban J connectivity index is 1.59. The predicted molar refractivity (Wildman–Crippen MR) is 112 cm³/mol. The molecule has 0 spiro atoms. The molecule has 2 aromatic carbocycles. The van der Waals surface area contributed by atoms with Crippen LogP contribution in [-0.2, 0) is 0 Å². The molecule has 0 bridgehead atoms. The third-order valence-corrected chi connectivity index (χ3v) is 5.84. The van der Waals surface area contributed by atoms with Gasteiger partial charge in [0.25, 0.3) is 0 Å². The smallest absolute Gasteiger partial charge is 0.142 e.